The highest BCUT2D eigenvalue weighted by Gasteiger charge is 2.16. The molecule has 9 heteroatoms. The van der Waals surface area contributed by atoms with Gasteiger partial charge in [0.25, 0.3) is 0 Å². The number of benzene rings is 3. The van der Waals surface area contributed by atoms with Crippen LogP contribution < -0.4 is 5.32 Å². The van der Waals surface area contributed by atoms with Crippen LogP contribution in [0.2, 0.25) is 5.02 Å². The standard InChI is InChI=1S/C27H22ClN5OS2/c28-22-13-11-20(12-14-22)16-33-24(15-19-7-3-1-4-8-19)31-32-27(33)36-18-25(34)30-26-29-23(17-35-26)21-9-5-2-6-10-21/h1-14,17H,15-16,18H2,(H,29,30,34). The monoisotopic (exact) mass is 531 g/mol. The SMILES string of the molecule is O=C(CSc1nnc(Cc2ccccc2)n1Cc1ccc(Cl)cc1)Nc1nc(-c2ccccc2)cs1. The predicted octanol–water partition coefficient (Wildman–Crippen LogP) is 6.42. The van der Waals surface area contributed by atoms with E-state index in [0.29, 0.717) is 28.3 Å². The second-order valence-electron chi connectivity index (χ2n) is 8.01. The van der Waals surface area contributed by atoms with Gasteiger partial charge in [-0.1, -0.05) is 96.2 Å². The fourth-order valence-electron chi connectivity index (χ4n) is 3.62. The molecule has 0 spiro atoms. The van der Waals surface area contributed by atoms with Crippen LogP contribution >= 0.6 is 34.7 Å². The normalized spacial score (nSPS) is 10.9. The minimum Gasteiger partial charge on any atom is -0.301 e. The van der Waals surface area contributed by atoms with Gasteiger partial charge in [0.15, 0.2) is 10.3 Å². The number of carbonyl (C=O) groups excluding carboxylic acids is 1. The molecule has 0 aliphatic heterocycles. The molecule has 1 amide bonds. The highest BCUT2D eigenvalue weighted by molar-refractivity contribution is 7.99. The lowest BCUT2D eigenvalue weighted by molar-refractivity contribution is -0.113. The first kappa shape index (κ1) is 24.2. The van der Waals surface area contributed by atoms with Crippen LogP contribution in [0.15, 0.2) is 95.5 Å². The molecule has 0 radical (unpaired) electrons. The van der Waals surface area contributed by atoms with Gasteiger partial charge in [-0.05, 0) is 23.3 Å². The molecule has 36 heavy (non-hydrogen) atoms. The van der Waals surface area contributed by atoms with Gasteiger partial charge in [-0.15, -0.1) is 21.5 Å². The predicted molar refractivity (Wildman–Crippen MR) is 147 cm³/mol. The van der Waals surface area contributed by atoms with E-state index in [2.05, 4.69) is 37.2 Å². The van der Waals surface area contributed by atoms with Crippen LogP contribution in [0, 0.1) is 0 Å². The lowest BCUT2D eigenvalue weighted by Crippen LogP contribution is -2.15. The van der Waals surface area contributed by atoms with E-state index in [4.69, 9.17) is 11.6 Å². The highest BCUT2D eigenvalue weighted by Crippen LogP contribution is 2.26. The smallest absolute Gasteiger partial charge is 0.236 e. The molecule has 2 aromatic heterocycles. The summed E-state index contributed by atoms with van der Waals surface area (Å²) in [5.41, 5.74) is 4.09. The molecule has 0 aliphatic carbocycles. The average molecular weight is 532 g/mol. The van der Waals surface area contributed by atoms with Crippen molar-refractivity contribution in [2.75, 3.05) is 11.1 Å². The maximum atomic E-state index is 12.7. The van der Waals surface area contributed by atoms with Crippen LogP contribution in [-0.4, -0.2) is 31.4 Å². The minimum atomic E-state index is -0.139. The van der Waals surface area contributed by atoms with Crippen molar-refractivity contribution in [3.8, 4) is 11.3 Å². The molecule has 0 atom stereocenters. The van der Waals surface area contributed by atoms with E-state index in [1.807, 2.05) is 78.2 Å². The van der Waals surface area contributed by atoms with Crippen LogP contribution in [0.4, 0.5) is 5.13 Å². The molecule has 0 unspecified atom stereocenters. The average Bonchev–Trinajstić information content (AvgIpc) is 3.52. The van der Waals surface area contributed by atoms with Gasteiger partial charge in [0.05, 0.1) is 18.0 Å². The molecule has 1 N–H and O–H groups in total. The van der Waals surface area contributed by atoms with Crippen LogP contribution in [0.5, 0.6) is 0 Å². The largest absolute Gasteiger partial charge is 0.301 e. The van der Waals surface area contributed by atoms with Gasteiger partial charge < -0.3 is 9.88 Å². The van der Waals surface area contributed by atoms with E-state index in [1.54, 1.807) is 0 Å². The molecular formula is C27H22ClN5OS2. The van der Waals surface area contributed by atoms with Crippen molar-refractivity contribution in [3.05, 3.63) is 112 Å². The first-order chi connectivity index (χ1) is 17.6. The highest BCUT2D eigenvalue weighted by atomic mass is 35.5. The molecule has 0 aliphatic rings. The van der Waals surface area contributed by atoms with Gasteiger partial charge in [0.2, 0.25) is 5.91 Å². The Morgan fingerprint density at radius 1 is 0.917 bits per heavy atom. The van der Waals surface area contributed by atoms with Gasteiger partial charge in [0, 0.05) is 22.4 Å². The zero-order valence-electron chi connectivity index (χ0n) is 19.2. The molecule has 3 aromatic carbocycles. The molecule has 5 rings (SSSR count). The van der Waals surface area contributed by atoms with Crippen molar-refractivity contribution in [1.82, 2.24) is 19.7 Å². The Labute approximate surface area is 222 Å². The Hall–Kier alpha value is -3.46. The molecule has 180 valence electrons. The number of aromatic nitrogens is 4. The lowest BCUT2D eigenvalue weighted by atomic mass is 10.1. The second kappa shape index (κ2) is 11.5. The molecule has 0 saturated heterocycles. The molecular weight excluding hydrogens is 510 g/mol. The van der Waals surface area contributed by atoms with Gasteiger partial charge in [-0.2, -0.15) is 0 Å². The summed E-state index contributed by atoms with van der Waals surface area (Å²) < 4.78 is 2.06. The summed E-state index contributed by atoms with van der Waals surface area (Å²) in [5.74, 6) is 0.899. The van der Waals surface area contributed by atoms with E-state index >= 15 is 0 Å². The van der Waals surface area contributed by atoms with Crippen molar-refractivity contribution in [1.29, 1.82) is 0 Å². The number of halogens is 1. The van der Waals surface area contributed by atoms with Crippen molar-refractivity contribution in [2.24, 2.45) is 0 Å². The maximum absolute atomic E-state index is 12.7. The van der Waals surface area contributed by atoms with Crippen molar-refractivity contribution >= 4 is 45.7 Å². The summed E-state index contributed by atoms with van der Waals surface area (Å²) in [6, 6.07) is 27.8. The Kier molecular flexibility index (Phi) is 7.76. The molecule has 2 heterocycles. The lowest BCUT2D eigenvalue weighted by Gasteiger charge is -2.11. The number of thiazole rings is 1. The van der Waals surface area contributed by atoms with E-state index in [0.717, 1.165) is 28.2 Å². The number of thioether (sulfide) groups is 1. The summed E-state index contributed by atoms with van der Waals surface area (Å²) in [7, 11) is 0. The third-order valence-electron chi connectivity index (χ3n) is 5.40. The number of hydrogen-bond acceptors (Lipinski definition) is 6. The zero-order valence-corrected chi connectivity index (χ0v) is 21.6. The fourth-order valence-corrected chi connectivity index (χ4v) is 5.24. The number of anilines is 1. The molecule has 0 saturated carbocycles. The summed E-state index contributed by atoms with van der Waals surface area (Å²) in [6.45, 7) is 0.587. The van der Waals surface area contributed by atoms with Crippen LogP contribution in [0.25, 0.3) is 11.3 Å². The van der Waals surface area contributed by atoms with Gasteiger partial charge in [0.1, 0.15) is 5.82 Å². The molecule has 0 bridgehead atoms. The third kappa shape index (κ3) is 6.20. The summed E-state index contributed by atoms with van der Waals surface area (Å²) in [5, 5.41) is 15.7. The Bertz CT molecular complexity index is 1440. The summed E-state index contributed by atoms with van der Waals surface area (Å²) >= 11 is 8.84. The minimum absolute atomic E-state index is 0.139. The van der Waals surface area contributed by atoms with E-state index in [-0.39, 0.29) is 11.7 Å². The Balaban J connectivity index is 1.28. The first-order valence-electron chi connectivity index (χ1n) is 11.3. The van der Waals surface area contributed by atoms with E-state index < -0.39 is 0 Å². The Morgan fingerprint density at radius 3 is 2.39 bits per heavy atom. The number of rotatable bonds is 9. The van der Waals surface area contributed by atoms with Crippen molar-refractivity contribution < 1.29 is 4.79 Å². The van der Waals surface area contributed by atoms with Gasteiger partial charge >= 0.3 is 0 Å². The van der Waals surface area contributed by atoms with Gasteiger partial charge in [-0.25, -0.2) is 4.98 Å². The summed E-state index contributed by atoms with van der Waals surface area (Å²) in [4.78, 5) is 17.2. The summed E-state index contributed by atoms with van der Waals surface area (Å²) in [6.07, 6.45) is 0.648. The van der Waals surface area contributed by atoms with E-state index in [1.165, 1.54) is 23.1 Å². The zero-order chi connectivity index (χ0) is 24.7. The first-order valence-corrected chi connectivity index (χ1v) is 13.5. The van der Waals surface area contributed by atoms with Crippen LogP contribution in [-0.2, 0) is 17.8 Å². The molecule has 5 aromatic rings. The number of nitrogens with one attached hydrogen (secondary N) is 1. The number of amides is 1. The van der Waals surface area contributed by atoms with E-state index in [9.17, 15) is 4.79 Å². The maximum Gasteiger partial charge on any atom is 0.236 e. The quantitative estimate of drug-likeness (QED) is 0.222. The number of nitrogens with zero attached hydrogens (tertiary/aromatic N) is 4. The van der Waals surface area contributed by atoms with Crippen molar-refractivity contribution in [2.45, 2.75) is 18.1 Å². The second-order valence-corrected chi connectivity index (χ2v) is 10.3. The Morgan fingerprint density at radius 2 is 1.64 bits per heavy atom. The van der Waals surface area contributed by atoms with Crippen LogP contribution in [0.3, 0.4) is 0 Å². The number of hydrogen-bond donors (Lipinski definition) is 1. The topological polar surface area (TPSA) is 72.7 Å². The fraction of sp³-hybridized carbons (Fsp3) is 0.111. The molecule has 0 fully saturated rings. The van der Waals surface area contributed by atoms with Gasteiger partial charge in [-0.3, -0.25) is 4.79 Å². The number of carbonyl (C=O) groups is 1. The molecule has 6 nitrogen and oxygen atoms in total. The van der Waals surface area contributed by atoms with Crippen LogP contribution in [0.1, 0.15) is 17.0 Å². The third-order valence-corrected chi connectivity index (χ3v) is 7.38. The van der Waals surface area contributed by atoms with Crippen molar-refractivity contribution in [3.63, 3.8) is 0 Å².